The third kappa shape index (κ3) is 3.92. The van der Waals surface area contributed by atoms with Gasteiger partial charge in [-0.15, -0.1) is 11.3 Å². The zero-order chi connectivity index (χ0) is 16.1. The zero-order valence-corrected chi connectivity index (χ0v) is 13.4. The number of hydrogen-bond acceptors (Lipinski definition) is 4. The largest absolute Gasteiger partial charge is 0.478 e. The lowest BCUT2D eigenvalue weighted by Crippen LogP contribution is -2.12. The highest BCUT2D eigenvalue weighted by atomic mass is 32.1. The van der Waals surface area contributed by atoms with Crippen LogP contribution in [0.2, 0.25) is 0 Å². The number of carboxylic acid groups (broad SMARTS) is 1. The second kappa shape index (κ2) is 7.17. The van der Waals surface area contributed by atoms with Gasteiger partial charge >= 0.3 is 5.97 Å². The smallest absolute Gasteiger partial charge is 0.336 e. The molecule has 0 aliphatic rings. The molecule has 0 aliphatic heterocycles. The first-order valence-corrected chi connectivity index (χ1v) is 8.04. The molecule has 2 rings (SSSR count). The monoisotopic (exact) mass is 318 g/mol. The van der Waals surface area contributed by atoms with Crippen LogP contribution in [0.3, 0.4) is 0 Å². The van der Waals surface area contributed by atoms with Crippen LogP contribution in [0.1, 0.15) is 53.4 Å². The second-order valence-electron chi connectivity index (χ2n) is 4.90. The maximum Gasteiger partial charge on any atom is 0.336 e. The van der Waals surface area contributed by atoms with Gasteiger partial charge in [-0.2, -0.15) is 0 Å². The molecule has 116 valence electrons. The minimum atomic E-state index is -0.939. The van der Waals surface area contributed by atoms with E-state index in [1.54, 1.807) is 11.4 Å². The molecule has 0 spiro atoms. The number of nitrogens with one attached hydrogen (secondary N) is 1. The van der Waals surface area contributed by atoms with Gasteiger partial charge in [-0.3, -0.25) is 4.79 Å². The molecule has 2 aromatic heterocycles. The van der Waals surface area contributed by atoms with E-state index in [2.05, 4.69) is 9.97 Å². The first kappa shape index (κ1) is 16.2. The number of carbonyl (C=O) groups is 1. The summed E-state index contributed by atoms with van der Waals surface area (Å²) in [7, 11) is 0. The molecular formula is C16H18N2O3S. The number of aromatic nitrogens is 2. The van der Waals surface area contributed by atoms with Crippen LogP contribution in [0.25, 0.3) is 11.6 Å². The first-order chi connectivity index (χ1) is 10.5. The summed E-state index contributed by atoms with van der Waals surface area (Å²) in [4.78, 5) is 30.8. The number of aromatic carboxylic acids is 1. The molecule has 0 fully saturated rings. The number of allylic oxidation sites excluding steroid dienone is 1. The summed E-state index contributed by atoms with van der Waals surface area (Å²) in [5.74, 6) is -0.380. The van der Waals surface area contributed by atoms with Crippen molar-refractivity contribution in [2.24, 2.45) is 0 Å². The molecule has 0 aliphatic carbocycles. The van der Waals surface area contributed by atoms with E-state index >= 15 is 0 Å². The quantitative estimate of drug-likeness (QED) is 0.854. The van der Waals surface area contributed by atoms with Crippen LogP contribution in [0.4, 0.5) is 0 Å². The molecule has 0 unspecified atom stereocenters. The zero-order valence-electron chi connectivity index (χ0n) is 12.5. The SMILES string of the molecule is CCCc1cc(=O)[nH]c(/C(=C\c2cc(C(=O)O)cs2)CC)n1. The predicted octanol–water partition coefficient (Wildman–Crippen LogP) is 3.43. The standard InChI is InChI=1S/C16H18N2O3S/c1-3-5-12-8-14(19)18-15(17-12)10(4-2)6-13-7-11(9-22-13)16(20)21/h6-9H,3-5H2,1-2H3,(H,20,21)(H,17,18,19)/b10-6-. The van der Waals surface area contributed by atoms with Crippen molar-refractivity contribution in [2.45, 2.75) is 33.1 Å². The summed E-state index contributed by atoms with van der Waals surface area (Å²) in [5.41, 5.74) is 1.77. The molecule has 6 heteroatoms. The summed E-state index contributed by atoms with van der Waals surface area (Å²) in [6.45, 7) is 4.02. The summed E-state index contributed by atoms with van der Waals surface area (Å²) >= 11 is 1.36. The molecule has 0 saturated heterocycles. The Balaban J connectivity index is 2.40. The minimum Gasteiger partial charge on any atom is -0.478 e. The Morgan fingerprint density at radius 3 is 2.77 bits per heavy atom. The average Bonchev–Trinajstić information content (AvgIpc) is 2.93. The molecule has 2 N–H and O–H groups in total. The van der Waals surface area contributed by atoms with Crippen LogP contribution in [-0.2, 0) is 6.42 Å². The van der Waals surface area contributed by atoms with Crippen molar-refractivity contribution in [2.75, 3.05) is 0 Å². The van der Waals surface area contributed by atoms with Gasteiger partial charge in [-0.1, -0.05) is 20.3 Å². The molecule has 22 heavy (non-hydrogen) atoms. The van der Waals surface area contributed by atoms with Gasteiger partial charge in [0.2, 0.25) is 0 Å². The lowest BCUT2D eigenvalue weighted by atomic mass is 10.1. The van der Waals surface area contributed by atoms with Gasteiger partial charge in [0.15, 0.2) is 0 Å². The number of H-pyrrole nitrogens is 1. The van der Waals surface area contributed by atoms with Crippen molar-refractivity contribution >= 4 is 29.0 Å². The normalized spacial score (nSPS) is 11.6. The molecule has 2 heterocycles. The molecule has 0 bridgehead atoms. The van der Waals surface area contributed by atoms with E-state index in [0.717, 1.165) is 29.0 Å². The van der Waals surface area contributed by atoms with Gasteiger partial charge in [0.25, 0.3) is 5.56 Å². The fourth-order valence-corrected chi connectivity index (χ4v) is 2.93. The number of aryl methyl sites for hydroxylation is 1. The Kier molecular flexibility index (Phi) is 5.27. The van der Waals surface area contributed by atoms with Crippen LogP contribution in [0.15, 0.2) is 22.3 Å². The van der Waals surface area contributed by atoms with E-state index < -0.39 is 5.97 Å². The topological polar surface area (TPSA) is 83.0 Å². The van der Waals surface area contributed by atoms with Gasteiger partial charge in [0.05, 0.1) is 5.56 Å². The Morgan fingerprint density at radius 2 is 2.18 bits per heavy atom. The summed E-state index contributed by atoms with van der Waals surface area (Å²) in [6, 6.07) is 3.14. The van der Waals surface area contributed by atoms with Crippen LogP contribution in [-0.4, -0.2) is 21.0 Å². The van der Waals surface area contributed by atoms with Crippen LogP contribution >= 0.6 is 11.3 Å². The number of nitrogens with zero attached hydrogens (tertiary/aromatic N) is 1. The second-order valence-corrected chi connectivity index (χ2v) is 5.84. The van der Waals surface area contributed by atoms with E-state index in [-0.39, 0.29) is 11.1 Å². The van der Waals surface area contributed by atoms with Gasteiger partial charge in [0, 0.05) is 22.0 Å². The van der Waals surface area contributed by atoms with E-state index in [9.17, 15) is 9.59 Å². The average molecular weight is 318 g/mol. The number of rotatable bonds is 6. The number of hydrogen-bond donors (Lipinski definition) is 2. The number of thiophene rings is 1. The van der Waals surface area contributed by atoms with E-state index in [4.69, 9.17) is 5.11 Å². The summed E-state index contributed by atoms with van der Waals surface area (Å²) in [5, 5.41) is 10.6. The maximum absolute atomic E-state index is 11.8. The van der Waals surface area contributed by atoms with Crippen LogP contribution < -0.4 is 5.56 Å². The molecule has 0 amide bonds. The van der Waals surface area contributed by atoms with Crippen LogP contribution in [0.5, 0.6) is 0 Å². The van der Waals surface area contributed by atoms with Crippen molar-refractivity contribution in [1.82, 2.24) is 9.97 Å². The Morgan fingerprint density at radius 1 is 1.41 bits per heavy atom. The summed E-state index contributed by atoms with van der Waals surface area (Å²) < 4.78 is 0. The third-order valence-corrected chi connectivity index (χ3v) is 4.05. The van der Waals surface area contributed by atoms with E-state index in [1.807, 2.05) is 19.9 Å². The maximum atomic E-state index is 11.8. The predicted molar refractivity (Wildman–Crippen MR) is 88.3 cm³/mol. The highest BCUT2D eigenvalue weighted by molar-refractivity contribution is 7.11. The molecule has 2 aromatic rings. The van der Waals surface area contributed by atoms with Crippen molar-refractivity contribution < 1.29 is 9.90 Å². The highest BCUT2D eigenvalue weighted by Crippen LogP contribution is 2.23. The number of carboxylic acids is 1. The van der Waals surface area contributed by atoms with Crippen LogP contribution in [0, 0.1) is 0 Å². The fourth-order valence-electron chi connectivity index (χ4n) is 2.09. The Labute approximate surface area is 132 Å². The van der Waals surface area contributed by atoms with Gasteiger partial charge in [-0.25, -0.2) is 9.78 Å². The van der Waals surface area contributed by atoms with E-state index in [0.29, 0.717) is 12.2 Å². The number of aromatic amines is 1. The van der Waals surface area contributed by atoms with E-state index in [1.165, 1.54) is 17.4 Å². The van der Waals surface area contributed by atoms with Gasteiger partial charge < -0.3 is 10.1 Å². The first-order valence-electron chi connectivity index (χ1n) is 7.16. The van der Waals surface area contributed by atoms with Crippen molar-refractivity contribution in [3.05, 3.63) is 49.8 Å². The molecule has 0 atom stereocenters. The lowest BCUT2D eigenvalue weighted by molar-refractivity contribution is 0.0697. The molecule has 0 aromatic carbocycles. The lowest BCUT2D eigenvalue weighted by Gasteiger charge is -2.06. The Bertz CT molecular complexity index is 759. The Hall–Kier alpha value is -2.21. The van der Waals surface area contributed by atoms with Gasteiger partial charge in [0.1, 0.15) is 5.82 Å². The molecule has 0 radical (unpaired) electrons. The van der Waals surface area contributed by atoms with Crippen molar-refractivity contribution in [3.8, 4) is 0 Å². The molecule has 5 nitrogen and oxygen atoms in total. The summed E-state index contributed by atoms with van der Waals surface area (Å²) in [6.07, 6.45) is 4.26. The highest BCUT2D eigenvalue weighted by Gasteiger charge is 2.09. The van der Waals surface area contributed by atoms with Crippen molar-refractivity contribution in [3.63, 3.8) is 0 Å². The van der Waals surface area contributed by atoms with Crippen molar-refractivity contribution in [1.29, 1.82) is 0 Å². The molecular weight excluding hydrogens is 300 g/mol. The third-order valence-electron chi connectivity index (χ3n) is 3.17. The minimum absolute atomic E-state index is 0.162. The molecule has 0 saturated carbocycles. The fraction of sp³-hybridized carbons (Fsp3) is 0.312. The van der Waals surface area contributed by atoms with Gasteiger partial charge in [-0.05, 0) is 30.6 Å².